The van der Waals surface area contributed by atoms with Crippen molar-refractivity contribution in [2.24, 2.45) is 5.41 Å². The summed E-state index contributed by atoms with van der Waals surface area (Å²) in [5.74, 6) is 1.09. The largest absolute Gasteiger partial charge is 0.315 e. The lowest BCUT2D eigenvalue weighted by Gasteiger charge is -2.35. The van der Waals surface area contributed by atoms with Crippen molar-refractivity contribution < 1.29 is 0 Å². The molecule has 1 aliphatic rings. The van der Waals surface area contributed by atoms with Crippen LogP contribution < -0.4 is 5.32 Å². The first-order chi connectivity index (χ1) is 8.46. The first kappa shape index (κ1) is 13.5. The third kappa shape index (κ3) is 3.53. The molecule has 1 aliphatic heterocycles. The molecule has 0 fully saturated rings. The fourth-order valence-electron chi connectivity index (χ4n) is 2.39. The van der Waals surface area contributed by atoms with E-state index < -0.39 is 0 Å². The van der Waals surface area contributed by atoms with E-state index in [2.05, 4.69) is 52.7 Å². The summed E-state index contributed by atoms with van der Waals surface area (Å²) >= 11 is 0. The molecule has 1 N–H and O–H groups in total. The van der Waals surface area contributed by atoms with Gasteiger partial charge in [-0.1, -0.05) is 27.7 Å². The first-order valence-electron chi connectivity index (χ1n) is 6.79. The van der Waals surface area contributed by atoms with Crippen LogP contribution in [-0.4, -0.2) is 45.3 Å². The van der Waals surface area contributed by atoms with E-state index in [0.29, 0.717) is 6.04 Å². The number of aromatic nitrogens is 3. The highest BCUT2D eigenvalue weighted by molar-refractivity contribution is 4.91. The van der Waals surface area contributed by atoms with Crippen molar-refractivity contribution in [2.75, 3.05) is 19.6 Å². The van der Waals surface area contributed by atoms with E-state index in [1.165, 1.54) is 0 Å². The molecule has 0 atom stereocenters. The molecule has 102 valence electrons. The Balaban J connectivity index is 1.87. The SMILES string of the molecule is CC(C)NCC(C)(C)CN1CCn2cnnc2C1. The molecule has 0 spiro atoms. The third-order valence-corrected chi connectivity index (χ3v) is 3.36. The highest BCUT2D eigenvalue weighted by Crippen LogP contribution is 2.19. The summed E-state index contributed by atoms with van der Waals surface area (Å²) in [7, 11) is 0. The van der Waals surface area contributed by atoms with Crippen LogP contribution in [0.5, 0.6) is 0 Å². The van der Waals surface area contributed by atoms with E-state index in [1.54, 1.807) is 0 Å². The van der Waals surface area contributed by atoms with E-state index >= 15 is 0 Å². The summed E-state index contributed by atoms with van der Waals surface area (Å²) in [4.78, 5) is 2.48. The molecule has 1 aromatic heterocycles. The number of rotatable bonds is 5. The van der Waals surface area contributed by atoms with Crippen LogP contribution in [0.1, 0.15) is 33.5 Å². The topological polar surface area (TPSA) is 46.0 Å². The highest BCUT2D eigenvalue weighted by Gasteiger charge is 2.25. The fourth-order valence-corrected chi connectivity index (χ4v) is 2.39. The van der Waals surface area contributed by atoms with Crippen LogP contribution in [-0.2, 0) is 13.1 Å². The van der Waals surface area contributed by atoms with Gasteiger partial charge >= 0.3 is 0 Å². The standard InChI is InChI=1S/C13H25N5/c1-11(2)14-8-13(3,4)9-17-5-6-18-10-15-16-12(18)7-17/h10-11,14H,5-9H2,1-4H3. The molecule has 0 amide bonds. The monoisotopic (exact) mass is 251 g/mol. The zero-order valence-corrected chi connectivity index (χ0v) is 12.0. The number of nitrogens with zero attached hydrogens (tertiary/aromatic N) is 4. The average Bonchev–Trinajstić information content (AvgIpc) is 2.73. The van der Waals surface area contributed by atoms with E-state index in [9.17, 15) is 0 Å². The van der Waals surface area contributed by atoms with Gasteiger partial charge in [-0.25, -0.2) is 0 Å². The predicted molar refractivity (Wildman–Crippen MR) is 72.2 cm³/mol. The van der Waals surface area contributed by atoms with Gasteiger partial charge in [0.05, 0.1) is 6.54 Å². The smallest absolute Gasteiger partial charge is 0.147 e. The molecular weight excluding hydrogens is 226 g/mol. The van der Waals surface area contributed by atoms with E-state index in [4.69, 9.17) is 0 Å². The normalized spacial score (nSPS) is 17.2. The van der Waals surface area contributed by atoms with Gasteiger partial charge in [0.1, 0.15) is 12.2 Å². The Hall–Kier alpha value is -0.940. The van der Waals surface area contributed by atoms with Gasteiger partial charge in [0.25, 0.3) is 0 Å². The van der Waals surface area contributed by atoms with E-state index in [1.807, 2.05) is 6.33 Å². The second-order valence-corrected chi connectivity index (χ2v) is 6.35. The first-order valence-corrected chi connectivity index (χ1v) is 6.79. The molecule has 0 unspecified atom stereocenters. The number of hydrogen-bond donors (Lipinski definition) is 1. The summed E-state index contributed by atoms with van der Waals surface area (Å²) in [5, 5.41) is 11.7. The molecule has 0 radical (unpaired) electrons. The Bertz CT molecular complexity index is 382. The van der Waals surface area contributed by atoms with Crippen molar-refractivity contribution in [2.45, 2.75) is 46.8 Å². The molecule has 0 saturated carbocycles. The Morgan fingerprint density at radius 3 is 2.89 bits per heavy atom. The summed E-state index contributed by atoms with van der Waals surface area (Å²) in [6.07, 6.45) is 1.83. The van der Waals surface area contributed by atoms with Crippen molar-refractivity contribution in [3.8, 4) is 0 Å². The molecule has 0 saturated heterocycles. The van der Waals surface area contributed by atoms with Gasteiger partial charge in [-0.15, -0.1) is 10.2 Å². The minimum Gasteiger partial charge on any atom is -0.315 e. The Morgan fingerprint density at radius 2 is 2.17 bits per heavy atom. The van der Waals surface area contributed by atoms with Crippen molar-refractivity contribution >= 4 is 0 Å². The summed E-state index contributed by atoms with van der Waals surface area (Å²) in [6.45, 7) is 14.2. The van der Waals surface area contributed by atoms with E-state index in [0.717, 1.165) is 38.5 Å². The third-order valence-electron chi connectivity index (χ3n) is 3.36. The minimum atomic E-state index is 0.284. The lowest BCUT2D eigenvalue weighted by molar-refractivity contribution is 0.140. The van der Waals surface area contributed by atoms with Gasteiger partial charge in [0.2, 0.25) is 0 Å². The maximum absolute atomic E-state index is 4.17. The molecule has 1 aromatic rings. The Kier molecular flexibility index (Phi) is 4.02. The molecule has 18 heavy (non-hydrogen) atoms. The van der Waals surface area contributed by atoms with Gasteiger partial charge in [-0.3, -0.25) is 4.90 Å². The van der Waals surface area contributed by atoms with Gasteiger partial charge in [-0.2, -0.15) is 0 Å². The van der Waals surface area contributed by atoms with Crippen molar-refractivity contribution in [3.05, 3.63) is 12.2 Å². The van der Waals surface area contributed by atoms with Crippen LogP contribution in [0, 0.1) is 5.41 Å². The van der Waals surface area contributed by atoms with Crippen molar-refractivity contribution in [1.29, 1.82) is 0 Å². The molecule has 5 nitrogen and oxygen atoms in total. The predicted octanol–water partition coefficient (Wildman–Crippen LogP) is 1.12. The molecular formula is C13H25N5. The Labute approximate surface area is 110 Å². The lowest BCUT2D eigenvalue weighted by Crippen LogP contribution is -2.44. The molecule has 0 aliphatic carbocycles. The van der Waals surface area contributed by atoms with Crippen LogP contribution in [0.25, 0.3) is 0 Å². The molecule has 5 heteroatoms. The zero-order chi connectivity index (χ0) is 13.2. The summed E-state index contributed by atoms with van der Waals surface area (Å²) in [5.41, 5.74) is 0.284. The highest BCUT2D eigenvalue weighted by atomic mass is 15.3. The quantitative estimate of drug-likeness (QED) is 0.852. The van der Waals surface area contributed by atoms with Gasteiger partial charge < -0.3 is 9.88 Å². The summed E-state index contributed by atoms with van der Waals surface area (Å²) in [6, 6.07) is 0.550. The lowest BCUT2D eigenvalue weighted by atomic mass is 9.92. The van der Waals surface area contributed by atoms with Crippen LogP contribution in [0.15, 0.2) is 6.33 Å². The number of fused-ring (bicyclic) bond motifs is 1. The summed E-state index contributed by atoms with van der Waals surface area (Å²) < 4.78 is 2.15. The maximum atomic E-state index is 4.17. The molecule has 0 bridgehead atoms. The van der Waals surface area contributed by atoms with Crippen LogP contribution in [0.3, 0.4) is 0 Å². The van der Waals surface area contributed by atoms with Gasteiger partial charge in [-0.05, 0) is 5.41 Å². The van der Waals surface area contributed by atoms with Gasteiger partial charge in [0, 0.05) is 32.2 Å². The van der Waals surface area contributed by atoms with Crippen molar-refractivity contribution in [3.63, 3.8) is 0 Å². The van der Waals surface area contributed by atoms with Crippen LogP contribution in [0.4, 0.5) is 0 Å². The number of hydrogen-bond acceptors (Lipinski definition) is 4. The fraction of sp³-hybridized carbons (Fsp3) is 0.846. The van der Waals surface area contributed by atoms with Crippen LogP contribution >= 0.6 is 0 Å². The number of nitrogens with one attached hydrogen (secondary N) is 1. The van der Waals surface area contributed by atoms with E-state index in [-0.39, 0.29) is 5.41 Å². The van der Waals surface area contributed by atoms with Crippen molar-refractivity contribution in [1.82, 2.24) is 25.0 Å². The molecule has 2 heterocycles. The van der Waals surface area contributed by atoms with Crippen LogP contribution in [0.2, 0.25) is 0 Å². The molecule has 0 aromatic carbocycles. The minimum absolute atomic E-state index is 0.284. The van der Waals surface area contributed by atoms with Gasteiger partial charge in [0.15, 0.2) is 0 Å². The average molecular weight is 251 g/mol. The Morgan fingerprint density at radius 1 is 1.39 bits per heavy atom. The second kappa shape index (κ2) is 5.36. The zero-order valence-electron chi connectivity index (χ0n) is 12.0. The maximum Gasteiger partial charge on any atom is 0.147 e. The second-order valence-electron chi connectivity index (χ2n) is 6.35. The molecule has 2 rings (SSSR count).